The van der Waals surface area contributed by atoms with Crippen LogP contribution < -0.4 is 20.7 Å². The number of halogens is 1. The van der Waals surface area contributed by atoms with Gasteiger partial charge in [0.05, 0.1) is 39.4 Å². The average molecular weight is 542 g/mol. The van der Waals surface area contributed by atoms with Crippen LogP contribution in [-0.2, 0) is 10.8 Å². The molecule has 7 nitrogen and oxygen atoms in total. The van der Waals surface area contributed by atoms with E-state index in [1.807, 2.05) is 52.0 Å². The van der Waals surface area contributed by atoms with E-state index in [0.29, 0.717) is 33.3 Å². The molecule has 0 amide bonds. The summed E-state index contributed by atoms with van der Waals surface area (Å²) in [6.07, 6.45) is 3.81. The largest absolute Gasteiger partial charge is 0.489 e. The highest BCUT2D eigenvalue weighted by Gasteiger charge is 2.21. The fourth-order valence-corrected chi connectivity index (χ4v) is 5.68. The zero-order valence-electron chi connectivity index (χ0n) is 22.1. The Labute approximate surface area is 227 Å². The van der Waals surface area contributed by atoms with Crippen molar-refractivity contribution in [2.24, 2.45) is 0 Å². The molecule has 1 unspecified atom stereocenters. The number of piperidine rings is 1. The van der Waals surface area contributed by atoms with Crippen molar-refractivity contribution in [3.63, 3.8) is 0 Å². The summed E-state index contributed by atoms with van der Waals surface area (Å²) in [6.45, 7) is 12.1. The van der Waals surface area contributed by atoms with Crippen LogP contribution in [-0.4, -0.2) is 38.6 Å². The Morgan fingerprint density at radius 1 is 1.08 bits per heavy atom. The molecule has 9 heteroatoms. The molecule has 3 aromatic rings. The van der Waals surface area contributed by atoms with E-state index in [9.17, 15) is 4.21 Å². The van der Waals surface area contributed by atoms with Crippen molar-refractivity contribution in [3.8, 4) is 5.75 Å². The summed E-state index contributed by atoms with van der Waals surface area (Å²) in [7, 11) is -1.17. The lowest BCUT2D eigenvalue weighted by molar-refractivity contribution is 0.243. The number of aryl methyl sites for hydroxylation is 1. The minimum Gasteiger partial charge on any atom is -0.489 e. The predicted octanol–water partition coefficient (Wildman–Crippen LogP) is 6.70. The third kappa shape index (κ3) is 6.80. The molecule has 1 fully saturated rings. The Balaban J connectivity index is 1.64. The molecule has 1 aliphatic heterocycles. The molecule has 0 saturated carbocycles. The summed E-state index contributed by atoms with van der Waals surface area (Å²) in [5.41, 5.74) is 4.05. The zero-order valence-corrected chi connectivity index (χ0v) is 23.7. The summed E-state index contributed by atoms with van der Waals surface area (Å²) in [5, 5.41) is 10.4. The van der Waals surface area contributed by atoms with Crippen LogP contribution in [0.2, 0.25) is 5.02 Å². The first-order valence-electron chi connectivity index (χ1n) is 12.8. The molecule has 3 N–H and O–H groups in total. The monoisotopic (exact) mass is 541 g/mol. The van der Waals surface area contributed by atoms with Crippen LogP contribution in [0.4, 0.5) is 23.1 Å². The maximum absolute atomic E-state index is 12.8. The number of nitrogens with zero attached hydrogens (tertiary/aromatic N) is 2. The highest BCUT2D eigenvalue weighted by molar-refractivity contribution is 7.85. The van der Waals surface area contributed by atoms with Gasteiger partial charge in [-0.1, -0.05) is 37.6 Å². The highest BCUT2D eigenvalue weighted by Crippen LogP contribution is 2.37. The van der Waals surface area contributed by atoms with Gasteiger partial charge in [0, 0.05) is 5.25 Å². The number of rotatable bonds is 9. The highest BCUT2D eigenvalue weighted by atomic mass is 35.5. The van der Waals surface area contributed by atoms with Gasteiger partial charge in [-0.15, -0.1) is 0 Å². The molecule has 0 aliphatic carbocycles. The van der Waals surface area contributed by atoms with E-state index < -0.39 is 10.8 Å². The van der Waals surface area contributed by atoms with Gasteiger partial charge in [0.25, 0.3) is 0 Å². The van der Waals surface area contributed by atoms with Gasteiger partial charge in [0.1, 0.15) is 10.8 Å². The van der Waals surface area contributed by atoms with E-state index >= 15 is 0 Å². The van der Waals surface area contributed by atoms with E-state index in [2.05, 4.69) is 45.0 Å². The molecule has 2 aromatic carbocycles. The fraction of sp³-hybridized carbons (Fsp3) is 0.429. The number of hydrogen-bond acceptors (Lipinski definition) is 7. The third-order valence-electron chi connectivity index (χ3n) is 6.29. The smallest absolute Gasteiger partial charge is 0.229 e. The maximum atomic E-state index is 12.8. The van der Waals surface area contributed by atoms with Gasteiger partial charge in [-0.2, -0.15) is 4.98 Å². The number of hydrogen-bond donors (Lipinski definition) is 3. The summed E-state index contributed by atoms with van der Waals surface area (Å²) in [6, 6.07) is 11.8. The molecular weight excluding hydrogens is 506 g/mol. The number of nitrogens with one attached hydrogen (secondary N) is 3. The second kappa shape index (κ2) is 12.2. The first kappa shape index (κ1) is 27.4. The molecule has 198 valence electrons. The molecule has 0 radical (unpaired) electrons. The maximum Gasteiger partial charge on any atom is 0.229 e. The molecule has 4 rings (SSSR count). The van der Waals surface area contributed by atoms with Crippen LogP contribution in [0.5, 0.6) is 5.75 Å². The van der Waals surface area contributed by atoms with E-state index in [-0.39, 0.29) is 11.4 Å². The Hall–Kier alpha value is -2.68. The first-order valence-corrected chi connectivity index (χ1v) is 14.4. The minimum atomic E-state index is -1.17. The van der Waals surface area contributed by atoms with Gasteiger partial charge in [0.2, 0.25) is 5.95 Å². The second-order valence-corrected chi connectivity index (χ2v) is 12.3. The van der Waals surface area contributed by atoms with E-state index in [4.69, 9.17) is 16.3 Å². The summed E-state index contributed by atoms with van der Waals surface area (Å²) >= 11 is 6.45. The number of ether oxygens (including phenoxy) is 1. The topological polar surface area (TPSA) is 88.2 Å². The minimum absolute atomic E-state index is 0.0171. The van der Waals surface area contributed by atoms with Crippen LogP contribution in [0.25, 0.3) is 0 Å². The summed E-state index contributed by atoms with van der Waals surface area (Å²) < 4.78 is 19.0. The van der Waals surface area contributed by atoms with Crippen LogP contribution in [0.15, 0.2) is 47.5 Å². The lowest BCUT2D eigenvalue weighted by Gasteiger charge is -2.26. The van der Waals surface area contributed by atoms with E-state index in [1.54, 1.807) is 6.20 Å². The first-order chi connectivity index (χ1) is 17.7. The van der Waals surface area contributed by atoms with Crippen molar-refractivity contribution in [3.05, 3.63) is 58.7 Å². The SMILES string of the molecule is Cc1cc(Nc2ncc(Cl)c(Nc3ccccc3S(=O)C(C)C)n2)c(OC(C)C)cc1C1CCNCC1. The lowest BCUT2D eigenvalue weighted by Crippen LogP contribution is -2.27. The van der Waals surface area contributed by atoms with Crippen molar-refractivity contribution in [2.75, 3.05) is 23.7 Å². The standard InChI is InChI=1S/C28H36ClN5O2S/c1-17(2)36-25-15-21(20-10-12-30-13-11-20)19(5)14-24(25)33-28-31-16-22(29)27(34-28)32-23-8-6-7-9-26(23)37(35)18(3)4/h6-9,14-18,20,30H,10-13H2,1-5H3,(H2,31,32,33,34). The number of aromatic nitrogens is 2. The molecular formula is C28H36ClN5O2S. The molecule has 2 heterocycles. The fourth-order valence-electron chi connectivity index (χ4n) is 4.49. The summed E-state index contributed by atoms with van der Waals surface area (Å²) in [4.78, 5) is 9.76. The van der Waals surface area contributed by atoms with Gasteiger partial charge in [-0.3, -0.25) is 4.21 Å². The van der Waals surface area contributed by atoms with E-state index in [1.165, 1.54) is 11.1 Å². The van der Waals surface area contributed by atoms with Crippen molar-refractivity contribution >= 4 is 45.5 Å². The number of anilines is 4. The zero-order chi connectivity index (χ0) is 26.5. The average Bonchev–Trinajstić information content (AvgIpc) is 2.87. The van der Waals surface area contributed by atoms with Gasteiger partial charge in [0.15, 0.2) is 5.82 Å². The molecule has 37 heavy (non-hydrogen) atoms. The van der Waals surface area contributed by atoms with Crippen LogP contribution >= 0.6 is 11.6 Å². The van der Waals surface area contributed by atoms with Crippen LogP contribution in [0.3, 0.4) is 0 Å². The molecule has 0 bridgehead atoms. The summed E-state index contributed by atoms with van der Waals surface area (Å²) in [5.74, 6) is 2.11. The quantitative estimate of drug-likeness (QED) is 0.278. The Morgan fingerprint density at radius 3 is 2.51 bits per heavy atom. The van der Waals surface area contributed by atoms with Crippen LogP contribution in [0.1, 0.15) is 57.6 Å². The van der Waals surface area contributed by atoms with Crippen LogP contribution in [0, 0.1) is 6.92 Å². The van der Waals surface area contributed by atoms with E-state index in [0.717, 1.165) is 37.4 Å². The van der Waals surface area contributed by atoms with Crippen molar-refractivity contribution in [1.29, 1.82) is 0 Å². The molecule has 0 spiro atoms. The van der Waals surface area contributed by atoms with Gasteiger partial charge in [-0.05, 0) is 88.0 Å². The third-order valence-corrected chi connectivity index (χ3v) is 8.21. The Morgan fingerprint density at radius 2 is 1.81 bits per heavy atom. The molecule has 1 aliphatic rings. The number of para-hydroxylation sites is 1. The Kier molecular flexibility index (Phi) is 9.05. The van der Waals surface area contributed by atoms with Gasteiger partial charge >= 0.3 is 0 Å². The van der Waals surface area contributed by atoms with Crippen molar-refractivity contribution < 1.29 is 8.95 Å². The molecule has 1 saturated heterocycles. The number of benzene rings is 2. The lowest BCUT2D eigenvalue weighted by atomic mass is 9.87. The second-order valence-electron chi connectivity index (χ2n) is 9.88. The van der Waals surface area contributed by atoms with Crippen molar-refractivity contribution in [2.45, 2.75) is 69.6 Å². The van der Waals surface area contributed by atoms with Gasteiger partial charge < -0.3 is 20.7 Å². The Bertz CT molecular complexity index is 1260. The molecule has 1 atom stereocenters. The molecule has 1 aromatic heterocycles. The predicted molar refractivity (Wildman–Crippen MR) is 153 cm³/mol. The van der Waals surface area contributed by atoms with Crippen molar-refractivity contribution in [1.82, 2.24) is 15.3 Å². The van der Waals surface area contributed by atoms with Gasteiger partial charge in [-0.25, -0.2) is 4.98 Å². The normalized spacial score (nSPS) is 15.1.